The van der Waals surface area contributed by atoms with Gasteiger partial charge in [0.1, 0.15) is 12.2 Å². The molecule has 0 aliphatic carbocycles. The minimum atomic E-state index is -0.932. The second-order valence-corrected chi connectivity index (χ2v) is 6.97. The molecule has 29 heavy (non-hydrogen) atoms. The minimum absolute atomic E-state index is 0.00770. The third-order valence-corrected chi connectivity index (χ3v) is 4.40. The Labute approximate surface area is 169 Å². The minimum Gasteiger partial charge on any atom is -0.427 e. The van der Waals surface area contributed by atoms with Gasteiger partial charge in [0.2, 0.25) is 0 Å². The highest BCUT2D eigenvalue weighted by Crippen LogP contribution is 2.24. The molecule has 0 amide bonds. The molecule has 0 heterocycles. The van der Waals surface area contributed by atoms with Gasteiger partial charge in [-0.2, -0.15) is 4.89 Å². The van der Waals surface area contributed by atoms with E-state index in [0.717, 1.165) is 11.1 Å². The van der Waals surface area contributed by atoms with Crippen LogP contribution >= 0.6 is 0 Å². The summed E-state index contributed by atoms with van der Waals surface area (Å²) in [5, 5.41) is 0. The van der Waals surface area contributed by atoms with Crippen LogP contribution in [0.4, 0.5) is 4.79 Å². The first-order valence-electron chi connectivity index (χ1n) is 9.22. The zero-order valence-corrected chi connectivity index (χ0v) is 16.3. The van der Waals surface area contributed by atoms with Gasteiger partial charge in [-0.1, -0.05) is 84.9 Å². The maximum absolute atomic E-state index is 12.4. The molecule has 0 unspecified atom stereocenters. The van der Waals surface area contributed by atoms with Gasteiger partial charge in [-0.05, 0) is 25.0 Å². The van der Waals surface area contributed by atoms with Crippen LogP contribution in [-0.4, -0.2) is 11.9 Å². The van der Waals surface area contributed by atoms with Crippen molar-refractivity contribution in [3.8, 4) is 0 Å². The molecule has 0 saturated heterocycles. The molecule has 5 heteroatoms. The third kappa shape index (κ3) is 5.53. The SMILES string of the molecule is CC(C)(OOC(=O)OCc1ccc(C(=O)c2ccccc2)cc1)c1ccccc1. The molecule has 0 radical (unpaired) electrons. The summed E-state index contributed by atoms with van der Waals surface area (Å²) in [5.41, 5.74) is 1.98. The van der Waals surface area contributed by atoms with Crippen LogP contribution in [0.25, 0.3) is 0 Å². The second-order valence-electron chi connectivity index (χ2n) is 6.97. The first-order chi connectivity index (χ1) is 14.0. The summed E-state index contributed by atoms with van der Waals surface area (Å²) in [5.74, 6) is -0.0611. The van der Waals surface area contributed by atoms with E-state index in [4.69, 9.17) is 14.5 Å². The first kappa shape index (κ1) is 20.3. The number of hydrogen-bond acceptors (Lipinski definition) is 5. The Morgan fingerprint density at radius 3 is 1.93 bits per heavy atom. The van der Waals surface area contributed by atoms with Gasteiger partial charge in [-0.15, -0.1) is 0 Å². The van der Waals surface area contributed by atoms with Crippen molar-refractivity contribution >= 4 is 11.9 Å². The maximum Gasteiger partial charge on any atom is 0.540 e. The number of carbonyl (C=O) groups is 2. The van der Waals surface area contributed by atoms with Crippen LogP contribution in [0.1, 0.15) is 40.9 Å². The Bertz CT molecular complexity index is 948. The molecular formula is C24H22O5. The summed E-state index contributed by atoms with van der Waals surface area (Å²) in [7, 11) is 0. The average molecular weight is 390 g/mol. The summed E-state index contributed by atoms with van der Waals surface area (Å²) in [6.07, 6.45) is -0.932. The van der Waals surface area contributed by atoms with E-state index >= 15 is 0 Å². The van der Waals surface area contributed by atoms with Gasteiger partial charge in [0.25, 0.3) is 0 Å². The summed E-state index contributed by atoms with van der Waals surface area (Å²) in [6, 6.07) is 25.3. The van der Waals surface area contributed by atoms with E-state index in [1.165, 1.54) is 0 Å². The van der Waals surface area contributed by atoms with Crippen molar-refractivity contribution in [2.24, 2.45) is 0 Å². The second kappa shape index (κ2) is 9.17. The van der Waals surface area contributed by atoms with Gasteiger partial charge in [-0.25, -0.2) is 4.79 Å². The molecule has 0 atom stereocenters. The van der Waals surface area contributed by atoms with Crippen molar-refractivity contribution in [3.05, 3.63) is 107 Å². The standard InChI is InChI=1S/C24H22O5/c1-24(2,21-11-7-4-8-12-21)29-28-23(26)27-17-18-13-15-20(16-14-18)22(25)19-9-5-3-6-10-19/h3-16H,17H2,1-2H3. The molecule has 0 bridgehead atoms. The first-order valence-corrected chi connectivity index (χ1v) is 9.22. The van der Waals surface area contributed by atoms with Crippen LogP contribution in [0.2, 0.25) is 0 Å². The largest absolute Gasteiger partial charge is 0.540 e. The Balaban J connectivity index is 1.50. The van der Waals surface area contributed by atoms with Crippen LogP contribution in [0, 0.1) is 0 Å². The molecular weight excluding hydrogens is 368 g/mol. The number of ether oxygens (including phenoxy) is 1. The molecule has 5 nitrogen and oxygen atoms in total. The molecule has 3 rings (SSSR count). The quantitative estimate of drug-likeness (QED) is 0.233. The van der Waals surface area contributed by atoms with Crippen LogP contribution in [0.15, 0.2) is 84.9 Å². The normalized spacial score (nSPS) is 11.0. The smallest absolute Gasteiger partial charge is 0.427 e. The van der Waals surface area contributed by atoms with E-state index < -0.39 is 11.8 Å². The van der Waals surface area contributed by atoms with Gasteiger partial charge < -0.3 is 4.74 Å². The summed E-state index contributed by atoms with van der Waals surface area (Å²) in [6.45, 7) is 3.59. The van der Waals surface area contributed by atoms with Crippen LogP contribution < -0.4 is 0 Å². The molecule has 0 fully saturated rings. The molecule has 0 aliphatic heterocycles. The fourth-order valence-electron chi connectivity index (χ4n) is 2.70. The predicted octanol–water partition coefficient (Wildman–Crippen LogP) is 5.44. The lowest BCUT2D eigenvalue weighted by atomic mass is 9.99. The zero-order chi connectivity index (χ0) is 20.7. The molecule has 0 aliphatic rings. The molecule has 0 spiro atoms. The van der Waals surface area contributed by atoms with Crippen molar-refractivity contribution in [1.82, 2.24) is 0 Å². The Hall–Kier alpha value is -3.44. The van der Waals surface area contributed by atoms with Gasteiger partial charge in [0.05, 0.1) is 0 Å². The summed E-state index contributed by atoms with van der Waals surface area (Å²) >= 11 is 0. The van der Waals surface area contributed by atoms with Crippen molar-refractivity contribution in [2.45, 2.75) is 26.1 Å². The van der Waals surface area contributed by atoms with Crippen molar-refractivity contribution in [3.63, 3.8) is 0 Å². The number of rotatable bonds is 7. The Morgan fingerprint density at radius 1 is 0.759 bits per heavy atom. The van der Waals surface area contributed by atoms with Crippen LogP contribution in [-0.2, 0) is 26.7 Å². The van der Waals surface area contributed by atoms with Gasteiger partial charge in [0, 0.05) is 11.1 Å². The molecule has 0 saturated carbocycles. The topological polar surface area (TPSA) is 61.8 Å². The summed E-state index contributed by atoms with van der Waals surface area (Å²) < 4.78 is 5.07. The van der Waals surface area contributed by atoms with E-state index in [-0.39, 0.29) is 12.4 Å². The molecule has 148 valence electrons. The Morgan fingerprint density at radius 2 is 1.31 bits per heavy atom. The van der Waals surface area contributed by atoms with Crippen molar-refractivity contribution in [1.29, 1.82) is 0 Å². The highest BCUT2D eigenvalue weighted by atomic mass is 17.2. The van der Waals surface area contributed by atoms with E-state index in [2.05, 4.69) is 0 Å². The third-order valence-electron chi connectivity index (χ3n) is 4.40. The zero-order valence-electron chi connectivity index (χ0n) is 16.3. The lowest BCUT2D eigenvalue weighted by molar-refractivity contribution is -0.322. The molecule has 3 aromatic carbocycles. The van der Waals surface area contributed by atoms with Gasteiger partial charge >= 0.3 is 6.16 Å². The molecule has 0 N–H and O–H groups in total. The fraction of sp³-hybridized carbons (Fsp3) is 0.167. The van der Waals surface area contributed by atoms with E-state index in [9.17, 15) is 9.59 Å². The fourth-order valence-corrected chi connectivity index (χ4v) is 2.70. The highest BCUT2D eigenvalue weighted by molar-refractivity contribution is 6.08. The van der Waals surface area contributed by atoms with Gasteiger partial charge in [-0.3, -0.25) is 9.68 Å². The van der Waals surface area contributed by atoms with E-state index in [1.54, 1.807) is 50.2 Å². The number of hydrogen-bond donors (Lipinski definition) is 0. The predicted molar refractivity (Wildman–Crippen MR) is 108 cm³/mol. The van der Waals surface area contributed by atoms with Gasteiger partial charge in [0.15, 0.2) is 5.78 Å². The number of ketones is 1. The molecule has 3 aromatic rings. The lowest BCUT2D eigenvalue weighted by Gasteiger charge is -2.22. The average Bonchev–Trinajstić information content (AvgIpc) is 2.77. The monoisotopic (exact) mass is 390 g/mol. The van der Waals surface area contributed by atoms with Crippen molar-refractivity contribution < 1.29 is 24.1 Å². The van der Waals surface area contributed by atoms with E-state index in [1.807, 2.05) is 48.5 Å². The number of carbonyl (C=O) groups excluding carboxylic acids is 2. The van der Waals surface area contributed by atoms with E-state index in [0.29, 0.717) is 11.1 Å². The lowest BCUT2D eigenvalue weighted by Crippen LogP contribution is -2.24. The van der Waals surface area contributed by atoms with Crippen LogP contribution in [0.3, 0.4) is 0 Å². The Kier molecular flexibility index (Phi) is 6.42. The number of benzene rings is 3. The molecule has 0 aromatic heterocycles. The summed E-state index contributed by atoms with van der Waals surface area (Å²) in [4.78, 5) is 34.3. The maximum atomic E-state index is 12.4. The van der Waals surface area contributed by atoms with Crippen LogP contribution in [0.5, 0.6) is 0 Å². The highest BCUT2D eigenvalue weighted by Gasteiger charge is 2.25. The van der Waals surface area contributed by atoms with Crippen molar-refractivity contribution in [2.75, 3.05) is 0 Å².